The van der Waals surface area contributed by atoms with Crippen molar-refractivity contribution in [1.29, 1.82) is 0 Å². The third kappa shape index (κ3) is 9.11. The first-order valence-corrected chi connectivity index (χ1v) is 4.92. The van der Waals surface area contributed by atoms with Crippen LogP contribution in [-0.4, -0.2) is 16.3 Å². The zero-order valence-electron chi connectivity index (χ0n) is 7.13. The van der Waals surface area contributed by atoms with Crippen molar-refractivity contribution in [1.82, 2.24) is 0 Å². The maximum absolute atomic E-state index is 8.70. The monoisotopic (exact) mass is 202 g/mol. The zero-order valence-corrected chi connectivity index (χ0v) is 8.02. The molecule has 4 N–H and O–H groups in total. The van der Waals surface area contributed by atoms with Crippen LogP contribution in [0.4, 0.5) is 0 Å². The van der Waals surface area contributed by atoms with E-state index in [4.69, 9.17) is 20.1 Å². The Bertz CT molecular complexity index is 236. The minimum absolute atomic E-state index is 0.740. The lowest BCUT2D eigenvalue weighted by molar-refractivity contribution is 0.405. The molecule has 1 aromatic carbocycles. The lowest BCUT2D eigenvalue weighted by Crippen LogP contribution is -2.01. The Kier molecular flexibility index (Phi) is 7.35. The highest BCUT2D eigenvalue weighted by Crippen LogP contribution is 1.98. The highest BCUT2D eigenvalue weighted by Gasteiger charge is 1.93. The molecular formula is C8H13NO3P+. The Morgan fingerprint density at radius 1 is 1.23 bits per heavy atom. The van der Waals surface area contributed by atoms with Gasteiger partial charge in [-0.05, 0) is 18.5 Å². The van der Waals surface area contributed by atoms with Crippen LogP contribution in [0, 0.1) is 0 Å². The molecule has 0 heterocycles. The van der Waals surface area contributed by atoms with Crippen molar-refractivity contribution >= 4 is 8.25 Å². The van der Waals surface area contributed by atoms with Crippen molar-refractivity contribution in [2.75, 3.05) is 6.54 Å². The number of rotatable bonds is 2. The minimum atomic E-state index is -2.87. The van der Waals surface area contributed by atoms with E-state index in [0.29, 0.717) is 0 Å². The Morgan fingerprint density at radius 2 is 1.69 bits per heavy atom. The van der Waals surface area contributed by atoms with E-state index in [0.717, 1.165) is 13.0 Å². The van der Waals surface area contributed by atoms with Crippen molar-refractivity contribution in [2.45, 2.75) is 6.42 Å². The molecule has 1 rings (SSSR count). The normalized spacial score (nSPS) is 8.54. The van der Waals surface area contributed by atoms with Crippen LogP contribution in [0.2, 0.25) is 0 Å². The molecule has 0 fully saturated rings. The molecule has 0 unspecified atom stereocenters. The van der Waals surface area contributed by atoms with Gasteiger partial charge in [0.1, 0.15) is 0 Å². The number of benzene rings is 1. The lowest BCUT2D eigenvalue weighted by atomic mass is 10.2. The van der Waals surface area contributed by atoms with Crippen LogP contribution in [-0.2, 0) is 11.0 Å². The van der Waals surface area contributed by atoms with E-state index in [9.17, 15) is 0 Å². The highest BCUT2D eigenvalue weighted by molar-refractivity contribution is 7.30. The smallest absolute Gasteiger partial charge is 0.330 e. The zero-order chi connectivity index (χ0) is 10.1. The van der Waals surface area contributed by atoms with Crippen molar-refractivity contribution in [2.24, 2.45) is 5.73 Å². The molecule has 5 heteroatoms. The van der Waals surface area contributed by atoms with E-state index in [1.54, 1.807) is 0 Å². The largest absolute Gasteiger partial charge is 0.692 e. The van der Waals surface area contributed by atoms with Gasteiger partial charge in [-0.1, -0.05) is 30.3 Å². The summed E-state index contributed by atoms with van der Waals surface area (Å²) < 4.78 is 8.70. The first-order chi connectivity index (χ1) is 6.16. The predicted molar refractivity (Wildman–Crippen MR) is 51.2 cm³/mol. The minimum Gasteiger partial charge on any atom is -0.330 e. The molecule has 0 aromatic heterocycles. The highest BCUT2D eigenvalue weighted by atomic mass is 31.1. The fourth-order valence-corrected chi connectivity index (χ4v) is 0.811. The molecule has 4 nitrogen and oxygen atoms in total. The topological polar surface area (TPSA) is 83.6 Å². The second-order valence-electron chi connectivity index (χ2n) is 2.28. The first-order valence-electron chi connectivity index (χ1n) is 3.76. The average molecular weight is 202 g/mol. The van der Waals surface area contributed by atoms with Gasteiger partial charge in [-0.25, -0.2) is 0 Å². The molecule has 13 heavy (non-hydrogen) atoms. The molecule has 0 saturated heterocycles. The van der Waals surface area contributed by atoms with E-state index in [-0.39, 0.29) is 0 Å². The van der Waals surface area contributed by atoms with Crippen molar-refractivity contribution in [3.05, 3.63) is 35.9 Å². The van der Waals surface area contributed by atoms with Crippen LogP contribution >= 0.6 is 8.25 Å². The van der Waals surface area contributed by atoms with Crippen LogP contribution in [0.1, 0.15) is 5.56 Å². The molecule has 0 aliphatic carbocycles. The molecule has 0 amide bonds. The van der Waals surface area contributed by atoms with E-state index in [2.05, 4.69) is 12.1 Å². The van der Waals surface area contributed by atoms with E-state index in [1.165, 1.54) is 5.56 Å². The summed E-state index contributed by atoms with van der Waals surface area (Å²) in [5, 5.41) is 0. The second-order valence-corrected chi connectivity index (χ2v) is 2.78. The van der Waals surface area contributed by atoms with Gasteiger partial charge in [-0.15, -0.1) is 9.79 Å². The first kappa shape index (κ1) is 12.2. The molecule has 0 radical (unpaired) electrons. The summed E-state index contributed by atoms with van der Waals surface area (Å²) in [5.74, 6) is 0. The average Bonchev–Trinajstić information content (AvgIpc) is 2.06. The van der Waals surface area contributed by atoms with Crippen LogP contribution in [0.3, 0.4) is 0 Å². The molecule has 0 aliphatic heterocycles. The van der Waals surface area contributed by atoms with Gasteiger partial charge in [0.15, 0.2) is 0 Å². The van der Waals surface area contributed by atoms with Gasteiger partial charge in [0.2, 0.25) is 0 Å². The van der Waals surface area contributed by atoms with E-state index < -0.39 is 8.25 Å². The molecule has 0 atom stereocenters. The van der Waals surface area contributed by atoms with Gasteiger partial charge in [0.05, 0.1) is 0 Å². The standard InChI is InChI=1S/C8H11N.HO3P/c9-7-6-8-4-2-1-3-5-8;1-4(2)3/h1-5H,6-7,9H2;(H-,1,2,3)/p+1. The summed E-state index contributed by atoms with van der Waals surface area (Å²) in [7, 11) is -2.87. The summed E-state index contributed by atoms with van der Waals surface area (Å²) in [4.78, 5) is 14.2. The van der Waals surface area contributed by atoms with Gasteiger partial charge >= 0.3 is 8.25 Å². The Morgan fingerprint density at radius 3 is 2.08 bits per heavy atom. The van der Waals surface area contributed by atoms with E-state index >= 15 is 0 Å². The third-order valence-corrected chi connectivity index (χ3v) is 1.28. The third-order valence-electron chi connectivity index (χ3n) is 1.28. The van der Waals surface area contributed by atoms with Gasteiger partial charge < -0.3 is 5.73 Å². The van der Waals surface area contributed by atoms with Crippen LogP contribution in [0.15, 0.2) is 30.3 Å². The predicted octanol–water partition coefficient (Wildman–Crippen LogP) is 0.816. The van der Waals surface area contributed by atoms with E-state index in [1.807, 2.05) is 18.2 Å². The fraction of sp³-hybridized carbons (Fsp3) is 0.250. The van der Waals surface area contributed by atoms with Crippen molar-refractivity contribution < 1.29 is 14.4 Å². The Balaban J connectivity index is 0.000000310. The molecule has 1 aromatic rings. The van der Waals surface area contributed by atoms with Crippen LogP contribution in [0.25, 0.3) is 0 Å². The maximum atomic E-state index is 8.70. The SMILES string of the molecule is NCCc1ccccc1.O=[P+](O)O. The van der Waals surface area contributed by atoms with Gasteiger partial charge in [-0.2, -0.15) is 0 Å². The summed E-state index contributed by atoms with van der Waals surface area (Å²) in [6, 6.07) is 10.3. The molecule has 72 valence electrons. The summed E-state index contributed by atoms with van der Waals surface area (Å²) in [5.41, 5.74) is 6.68. The Hall–Kier alpha value is -0.800. The molecule has 0 spiro atoms. The summed E-state index contributed by atoms with van der Waals surface area (Å²) in [6.07, 6.45) is 0.987. The molecule has 0 saturated carbocycles. The molecule has 0 aliphatic rings. The quantitative estimate of drug-likeness (QED) is 0.620. The number of hydrogen-bond acceptors (Lipinski definition) is 2. The van der Waals surface area contributed by atoms with Crippen molar-refractivity contribution in [3.63, 3.8) is 0 Å². The van der Waals surface area contributed by atoms with Gasteiger partial charge in [-0.3, -0.25) is 0 Å². The maximum Gasteiger partial charge on any atom is 0.692 e. The van der Waals surface area contributed by atoms with Gasteiger partial charge in [0, 0.05) is 4.57 Å². The Labute approximate surface area is 78.0 Å². The second kappa shape index (κ2) is 7.83. The van der Waals surface area contributed by atoms with Gasteiger partial charge in [0.25, 0.3) is 0 Å². The summed E-state index contributed by atoms with van der Waals surface area (Å²) in [6.45, 7) is 0.740. The lowest BCUT2D eigenvalue weighted by Gasteiger charge is -1.93. The summed E-state index contributed by atoms with van der Waals surface area (Å²) >= 11 is 0. The van der Waals surface area contributed by atoms with Crippen LogP contribution in [0.5, 0.6) is 0 Å². The number of hydrogen-bond donors (Lipinski definition) is 3. The van der Waals surface area contributed by atoms with Crippen molar-refractivity contribution in [3.8, 4) is 0 Å². The number of nitrogens with two attached hydrogens (primary N) is 1. The fourth-order valence-electron chi connectivity index (χ4n) is 0.811. The van der Waals surface area contributed by atoms with Crippen LogP contribution < -0.4 is 5.73 Å². The molecule has 0 bridgehead atoms. The molecular weight excluding hydrogens is 189 g/mol.